The van der Waals surface area contributed by atoms with Gasteiger partial charge in [-0.15, -0.1) is 11.3 Å². The Labute approximate surface area is 124 Å². The quantitative estimate of drug-likeness (QED) is 0.901. The van der Waals surface area contributed by atoms with E-state index in [0.717, 1.165) is 23.0 Å². The van der Waals surface area contributed by atoms with Crippen molar-refractivity contribution in [2.75, 3.05) is 4.72 Å². The molecule has 0 aliphatic heterocycles. The molecular weight excluding hydrogens is 322 g/mol. The van der Waals surface area contributed by atoms with Crippen molar-refractivity contribution in [2.24, 2.45) is 0 Å². The molecule has 0 amide bonds. The topological polar surface area (TPSA) is 83.5 Å². The summed E-state index contributed by atoms with van der Waals surface area (Å²) in [6, 6.07) is 6.02. The van der Waals surface area contributed by atoms with E-state index >= 15 is 0 Å². The van der Waals surface area contributed by atoms with Crippen molar-refractivity contribution < 1.29 is 18.3 Å². The molecule has 0 unspecified atom stereocenters. The van der Waals surface area contributed by atoms with Crippen LogP contribution in [0.25, 0.3) is 0 Å². The number of rotatable bonds is 4. The highest BCUT2D eigenvalue weighted by molar-refractivity contribution is 7.94. The third-order valence-corrected chi connectivity index (χ3v) is 5.57. The van der Waals surface area contributed by atoms with Gasteiger partial charge in [-0.05, 0) is 30.7 Å². The van der Waals surface area contributed by atoms with E-state index in [-0.39, 0.29) is 20.5 Å². The summed E-state index contributed by atoms with van der Waals surface area (Å²) in [6.45, 7) is 1.84. The molecule has 0 bridgehead atoms. The first-order valence-electron chi connectivity index (χ1n) is 5.40. The summed E-state index contributed by atoms with van der Waals surface area (Å²) in [4.78, 5) is 10.8. The second-order valence-corrected chi connectivity index (χ2v) is 7.28. The Bertz CT molecular complexity index is 768. The molecule has 20 heavy (non-hydrogen) atoms. The molecule has 1 aromatic carbocycles. The van der Waals surface area contributed by atoms with Crippen LogP contribution in [0.2, 0.25) is 5.02 Å². The van der Waals surface area contributed by atoms with Crippen LogP contribution in [0.1, 0.15) is 15.9 Å². The Kier molecular flexibility index (Phi) is 4.03. The first-order chi connectivity index (χ1) is 9.29. The smallest absolute Gasteiger partial charge is 0.336 e. The molecule has 1 aromatic heterocycles. The first-order valence-corrected chi connectivity index (χ1v) is 8.14. The third-order valence-electron chi connectivity index (χ3n) is 2.46. The van der Waals surface area contributed by atoms with Crippen LogP contribution in [0.4, 0.5) is 5.69 Å². The number of aryl methyl sites for hydroxylation is 1. The monoisotopic (exact) mass is 331 g/mol. The second kappa shape index (κ2) is 5.43. The molecule has 0 aliphatic rings. The van der Waals surface area contributed by atoms with E-state index in [0.29, 0.717) is 0 Å². The fourth-order valence-electron chi connectivity index (χ4n) is 1.47. The highest BCUT2D eigenvalue weighted by atomic mass is 35.5. The van der Waals surface area contributed by atoms with Crippen molar-refractivity contribution in [1.82, 2.24) is 0 Å². The van der Waals surface area contributed by atoms with Gasteiger partial charge in [0, 0.05) is 5.38 Å². The molecule has 106 valence electrons. The van der Waals surface area contributed by atoms with E-state index in [9.17, 15) is 13.2 Å². The number of aromatic carboxylic acids is 1. The van der Waals surface area contributed by atoms with Crippen LogP contribution < -0.4 is 4.72 Å². The Morgan fingerprint density at radius 1 is 1.35 bits per heavy atom. The molecule has 5 nitrogen and oxygen atoms in total. The zero-order chi connectivity index (χ0) is 14.9. The zero-order valence-corrected chi connectivity index (χ0v) is 12.6. The van der Waals surface area contributed by atoms with Crippen LogP contribution in [-0.4, -0.2) is 19.5 Å². The van der Waals surface area contributed by atoms with Crippen molar-refractivity contribution >= 4 is 44.6 Å². The lowest BCUT2D eigenvalue weighted by atomic mass is 10.2. The number of halogens is 1. The van der Waals surface area contributed by atoms with E-state index in [1.807, 2.05) is 6.92 Å². The third kappa shape index (κ3) is 3.12. The number of anilines is 1. The van der Waals surface area contributed by atoms with E-state index in [1.165, 1.54) is 5.38 Å². The van der Waals surface area contributed by atoms with E-state index in [4.69, 9.17) is 16.7 Å². The highest BCUT2D eigenvalue weighted by Crippen LogP contribution is 2.27. The van der Waals surface area contributed by atoms with Crippen molar-refractivity contribution in [3.05, 3.63) is 45.8 Å². The van der Waals surface area contributed by atoms with E-state index in [2.05, 4.69) is 4.72 Å². The second-order valence-electron chi connectivity index (χ2n) is 4.05. The fraction of sp³-hybridized carbons (Fsp3) is 0.0833. The lowest BCUT2D eigenvalue weighted by Crippen LogP contribution is -2.12. The summed E-state index contributed by atoms with van der Waals surface area (Å²) < 4.78 is 26.5. The fourth-order valence-corrected chi connectivity index (χ4v) is 4.04. The Hall–Kier alpha value is -1.57. The van der Waals surface area contributed by atoms with Crippen LogP contribution in [0, 0.1) is 6.92 Å². The van der Waals surface area contributed by atoms with Gasteiger partial charge < -0.3 is 5.11 Å². The van der Waals surface area contributed by atoms with Crippen LogP contribution in [0.5, 0.6) is 0 Å². The Balaban J connectivity index is 2.33. The maximum Gasteiger partial charge on any atom is 0.336 e. The van der Waals surface area contributed by atoms with Crippen molar-refractivity contribution in [3.63, 3.8) is 0 Å². The van der Waals surface area contributed by atoms with Crippen molar-refractivity contribution in [1.29, 1.82) is 0 Å². The predicted molar refractivity (Wildman–Crippen MR) is 78.3 cm³/mol. The van der Waals surface area contributed by atoms with Gasteiger partial charge in [0.25, 0.3) is 10.0 Å². The molecule has 0 aliphatic carbocycles. The minimum absolute atomic E-state index is 0.0645. The number of benzene rings is 1. The van der Waals surface area contributed by atoms with Gasteiger partial charge in [-0.1, -0.05) is 17.7 Å². The van der Waals surface area contributed by atoms with Gasteiger partial charge in [0.1, 0.15) is 4.21 Å². The number of hydrogen-bond donors (Lipinski definition) is 2. The predicted octanol–water partition coefficient (Wildman–Crippen LogP) is 3.21. The van der Waals surface area contributed by atoms with Crippen LogP contribution in [-0.2, 0) is 10.0 Å². The van der Waals surface area contributed by atoms with Crippen LogP contribution in [0.3, 0.4) is 0 Å². The SMILES string of the molecule is Cc1ccc(NS(=O)(=O)c2cc(C(=O)O)cs2)c(Cl)c1. The van der Waals surface area contributed by atoms with Gasteiger partial charge in [0.15, 0.2) is 0 Å². The molecular formula is C12H10ClNO4S2. The Morgan fingerprint density at radius 2 is 2.05 bits per heavy atom. The lowest BCUT2D eigenvalue weighted by molar-refractivity contribution is 0.0697. The van der Waals surface area contributed by atoms with Gasteiger partial charge in [-0.2, -0.15) is 0 Å². The Morgan fingerprint density at radius 3 is 2.60 bits per heavy atom. The number of nitrogens with one attached hydrogen (secondary N) is 1. The maximum atomic E-state index is 12.1. The average Bonchev–Trinajstić information content (AvgIpc) is 2.83. The minimum atomic E-state index is -3.84. The number of sulfonamides is 1. The zero-order valence-electron chi connectivity index (χ0n) is 10.3. The maximum absolute atomic E-state index is 12.1. The molecule has 0 radical (unpaired) electrons. The number of carboxylic acids is 1. The van der Waals surface area contributed by atoms with Crippen LogP contribution >= 0.6 is 22.9 Å². The molecule has 0 saturated carbocycles. The largest absolute Gasteiger partial charge is 0.478 e. The molecule has 2 N–H and O–H groups in total. The van der Waals surface area contributed by atoms with Gasteiger partial charge in [-0.25, -0.2) is 13.2 Å². The number of carbonyl (C=O) groups is 1. The summed E-state index contributed by atoms with van der Waals surface area (Å²) in [7, 11) is -3.84. The molecule has 0 spiro atoms. The van der Waals surface area contributed by atoms with Crippen molar-refractivity contribution in [3.8, 4) is 0 Å². The molecule has 0 fully saturated rings. The number of thiophene rings is 1. The highest BCUT2D eigenvalue weighted by Gasteiger charge is 2.20. The first kappa shape index (κ1) is 14.8. The summed E-state index contributed by atoms with van der Waals surface area (Å²) in [5.41, 5.74) is 1.09. The van der Waals surface area contributed by atoms with E-state index < -0.39 is 16.0 Å². The molecule has 2 aromatic rings. The van der Waals surface area contributed by atoms with Gasteiger partial charge in [0.2, 0.25) is 0 Å². The number of hydrogen-bond acceptors (Lipinski definition) is 4. The summed E-state index contributed by atoms with van der Waals surface area (Å²) in [5, 5.41) is 10.4. The minimum Gasteiger partial charge on any atom is -0.478 e. The molecule has 1 heterocycles. The van der Waals surface area contributed by atoms with E-state index in [1.54, 1.807) is 18.2 Å². The average molecular weight is 332 g/mol. The summed E-state index contributed by atoms with van der Waals surface area (Å²) in [6.07, 6.45) is 0. The van der Waals surface area contributed by atoms with Gasteiger partial charge in [0.05, 0.1) is 16.3 Å². The number of carboxylic acid groups (broad SMARTS) is 1. The molecule has 0 saturated heterocycles. The lowest BCUT2D eigenvalue weighted by Gasteiger charge is -2.08. The molecule has 2 rings (SSSR count). The van der Waals surface area contributed by atoms with Gasteiger partial charge >= 0.3 is 5.97 Å². The molecule has 8 heteroatoms. The summed E-state index contributed by atoms with van der Waals surface area (Å²) >= 11 is 6.80. The summed E-state index contributed by atoms with van der Waals surface area (Å²) in [5.74, 6) is -1.17. The van der Waals surface area contributed by atoms with Gasteiger partial charge in [-0.3, -0.25) is 4.72 Å². The standard InChI is InChI=1S/C12H10ClNO4S2/c1-7-2-3-10(9(13)4-7)14-20(17,18)11-5-8(6-19-11)12(15)16/h2-6,14H,1H3,(H,15,16). The molecule has 0 atom stereocenters. The van der Waals surface area contributed by atoms with Crippen molar-refractivity contribution in [2.45, 2.75) is 11.1 Å². The van der Waals surface area contributed by atoms with Crippen LogP contribution in [0.15, 0.2) is 33.9 Å². The normalized spacial score (nSPS) is 11.3.